The van der Waals surface area contributed by atoms with Crippen molar-refractivity contribution in [2.75, 3.05) is 18.8 Å². The monoisotopic (exact) mass is 448 g/mol. The van der Waals surface area contributed by atoms with Gasteiger partial charge in [-0.15, -0.1) is 11.8 Å². The van der Waals surface area contributed by atoms with Crippen LogP contribution < -0.4 is 0 Å². The molecule has 1 aliphatic heterocycles. The van der Waals surface area contributed by atoms with Crippen molar-refractivity contribution in [1.82, 2.24) is 9.88 Å². The summed E-state index contributed by atoms with van der Waals surface area (Å²) in [6, 6.07) is 18.9. The molecule has 0 amide bonds. The zero-order chi connectivity index (χ0) is 22.2. The summed E-state index contributed by atoms with van der Waals surface area (Å²) in [4.78, 5) is 19.4. The number of oxazole rings is 1. The molecule has 0 spiro atoms. The largest absolute Gasteiger partial charge is 0.441 e. The molecule has 4 nitrogen and oxygen atoms in total. The molecule has 0 N–H and O–H groups in total. The molecule has 2 heterocycles. The molecule has 0 bridgehead atoms. The van der Waals surface area contributed by atoms with Crippen LogP contribution in [0.5, 0.6) is 0 Å². The molecular weight excluding hydrogens is 416 g/mol. The van der Waals surface area contributed by atoms with E-state index < -0.39 is 0 Å². The van der Waals surface area contributed by atoms with Gasteiger partial charge in [-0.05, 0) is 69.0 Å². The summed E-state index contributed by atoms with van der Waals surface area (Å²) in [7, 11) is 0. The van der Waals surface area contributed by atoms with E-state index in [0.29, 0.717) is 29.6 Å². The van der Waals surface area contributed by atoms with Crippen LogP contribution in [0.1, 0.15) is 48.3 Å². The molecule has 1 aliphatic rings. The Bertz CT molecular complexity index is 992. The zero-order valence-electron chi connectivity index (χ0n) is 18.9. The molecule has 0 unspecified atom stereocenters. The third kappa shape index (κ3) is 6.57. The predicted molar refractivity (Wildman–Crippen MR) is 132 cm³/mol. The molecule has 1 saturated heterocycles. The van der Waals surface area contributed by atoms with E-state index >= 15 is 0 Å². The number of nitrogens with zero attached hydrogens (tertiary/aromatic N) is 2. The molecular formula is C27H32N2O2S. The molecule has 1 aromatic heterocycles. The van der Waals surface area contributed by atoms with Crippen molar-refractivity contribution in [3.63, 3.8) is 0 Å². The first-order valence-electron chi connectivity index (χ1n) is 11.6. The number of aryl methyl sites for hydroxylation is 2. The van der Waals surface area contributed by atoms with E-state index in [0.717, 1.165) is 36.4 Å². The van der Waals surface area contributed by atoms with E-state index in [1.165, 1.54) is 37.1 Å². The summed E-state index contributed by atoms with van der Waals surface area (Å²) in [6.45, 7) is 5.39. The minimum absolute atomic E-state index is 0.306. The van der Waals surface area contributed by atoms with Crippen molar-refractivity contribution in [3.8, 4) is 11.5 Å². The maximum Gasteiger partial charge on any atom is 0.226 e. The average Bonchev–Trinajstić information content (AvgIpc) is 3.45. The second kappa shape index (κ2) is 11.5. The lowest BCUT2D eigenvalue weighted by Crippen LogP contribution is -2.18. The van der Waals surface area contributed by atoms with Crippen LogP contribution in [-0.2, 0) is 23.5 Å². The van der Waals surface area contributed by atoms with Crippen LogP contribution in [0.25, 0.3) is 11.5 Å². The highest BCUT2D eigenvalue weighted by molar-refractivity contribution is 7.99. The van der Waals surface area contributed by atoms with E-state index in [1.807, 2.05) is 25.1 Å². The molecule has 5 heteroatoms. The van der Waals surface area contributed by atoms with E-state index in [-0.39, 0.29) is 0 Å². The van der Waals surface area contributed by atoms with Crippen LogP contribution in [-0.4, -0.2) is 34.5 Å². The summed E-state index contributed by atoms with van der Waals surface area (Å²) in [5.74, 6) is 3.04. The van der Waals surface area contributed by atoms with Crippen LogP contribution >= 0.6 is 11.8 Å². The topological polar surface area (TPSA) is 46.3 Å². The second-order valence-corrected chi connectivity index (χ2v) is 9.56. The van der Waals surface area contributed by atoms with Gasteiger partial charge in [-0.3, -0.25) is 9.69 Å². The Labute approximate surface area is 195 Å². The van der Waals surface area contributed by atoms with Gasteiger partial charge in [0.05, 0.1) is 11.4 Å². The minimum atomic E-state index is 0.306. The zero-order valence-corrected chi connectivity index (χ0v) is 19.7. The second-order valence-electron chi connectivity index (χ2n) is 8.57. The van der Waals surface area contributed by atoms with E-state index in [2.05, 4.69) is 41.3 Å². The molecule has 0 radical (unpaired) electrons. The number of hydrogen-bond acceptors (Lipinski definition) is 5. The number of aromatic nitrogens is 1. The Morgan fingerprint density at radius 3 is 2.53 bits per heavy atom. The third-order valence-corrected chi connectivity index (χ3v) is 6.97. The van der Waals surface area contributed by atoms with Gasteiger partial charge in [-0.2, -0.15) is 0 Å². The highest BCUT2D eigenvalue weighted by Gasteiger charge is 2.14. The predicted octanol–water partition coefficient (Wildman–Crippen LogP) is 6.07. The van der Waals surface area contributed by atoms with Crippen molar-refractivity contribution in [2.45, 2.75) is 51.3 Å². The van der Waals surface area contributed by atoms with Crippen LogP contribution in [0, 0.1) is 6.92 Å². The molecule has 1 fully saturated rings. The Hall–Kier alpha value is -2.37. The number of likely N-dealkylation sites (tertiary alicyclic amines) is 1. The highest BCUT2D eigenvalue weighted by atomic mass is 32.2. The number of benzene rings is 2. The Balaban J connectivity index is 1.22. The van der Waals surface area contributed by atoms with Gasteiger partial charge < -0.3 is 4.42 Å². The smallest absolute Gasteiger partial charge is 0.226 e. The lowest BCUT2D eigenvalue weighted by atomic mass is 10.1. The van der Waals surface area contributed by atoms with Gasteiger partial charge in [-0.1, -0.05) is 42.5 Å². The molecule has 0 saturated carbocycles. The number of ketones is 1. The first-order chi connectivity index (χ1) is 15.7. The standard InChI is InChI=1S/C27H32N2O2S/c1-21-26(20-32-19-25(30)11-7-10-22-8-3-2-4-9-22)28-27(31-21)24-14-12-23(13-15-24)18-29-16-5-6-17-29/h2-4,8-9,12-15H,5-7,10-11,16-20H2,1H3. The number of Topliss-reactive ketones (excluding diaryl/α,β-unsaturated/α-hetero) is 1. The van der Waals surface area contributed by atoms with Crippen molar-refractivity contribution in [1.29, 1.82) is 0 Å². The molecule has 32 heavy (non-hydrogen) atoms. The van der Waals surface area contributed by atoms with Crippen LogP contribution in [0.15, 0.2) is 59.0 Å². The summed E-state index contributed by atoms with van der Waals surface area (Å²) in [5.41, 5.74) is 4.57. The molecule has 4 rings (SSSR count). The number of carbonyl (C=O) groups is 1. The number of thioether (sulfide) groups is 1. The van der Waals surface area contributed by atoms with Gasteiger partial charge in [0.25, 0.3) is 0 Å². The fourth-order valence-corrected chi connectivity index (χ4v) is 5.04. The third-order valence-electron chi connectivity index (χ3n) is 5.96. The van der Waals surface area contributed by atoms with E-state index in [9.17, 15) is 4.79 Å². The van der Waals surface area contributed by atoms with Crippen LogP contribution in [0.3, 0.4) is 0 Å². The van der Waals surface area contributed by atoms with Gasteiger partial charge in [0.2, 0.25) is 5.89 Å². The normalized spacial score (nSPS) is 14.2. The van der Waals surface area contributed by atoms with E-state index in [1.54, 1.807) is 11.8 Å². The number of carbonyl (C=O) groups excluding carboxylic acids is 1. The van der Waals surface area contributed by atoms with Gasteiger partial charge in [0.15, 0.2) is 0 Å². The summed E-state index contributed by atoms with van der Waals surface area (Å²) in [5, 5.41) is 0. The van der Waals surface area contributed by atoms with Crippen molar-refractivity contribution in [3.05, 3.63) is 77.2 Å². The molecule has 0 atom stereocenters. The summed E-state index contributed by atoms with van der Waals surface area (Å²) >= 11 is 1.63. The summed E-state index contributed by atoms with van der Waals surface area (Å²) in [6.07, 6.45) is 5.13. The van der Waals surface area contributed by atoms with Gasteiger partial charge in [0.1, 0.15) is 11.5 Å². The van der Waals surface area contributed by atoms with Crippen molar-refractivity contribution >= 4 is 17.5 Å². The quantitative estimate of drug-likeness (QED) is 0.356. The Morgan fingerprint density at radius 1 is 1.03 bits per heavy atom. The lowest BCUT2D eigenvalue weighted by molar-refractivity contribution is -0.116. The van der Waals surface area contributed by atoms with E-state index in [4.69, 9.17) is 9.40 Å². The Kier molecular flexibility index (Phi) is 8.18. The van der Waals surface area contributed by atoms with Crippen LogP contribution in [0.2, 0.25) is 0 Å². The fraction of sp³-hybridized carbons (Fsp3) is 0.407. The average molecular weight is 449 g/mol. The molecule has 3 aromatic rings. The fourth-order valence-electron chi connectivity index (χ4n) is 4.11. The van der Waals surface area contributed by atoms with Gasteiger partial charge in [0, 0.05) is 24.3 Å². The first kappa shape index (κ1) is 22.8. The number of rotatable bonds is 11. The van der Waals surface area contributed by atoms with Gasteiger partial charge in [-0.25, -0.2) is 4.98 Å². The Morgan fingerprint density at radius 2 is 1.78 bits per heavy atom. The number of hydrogen-bond donors (Lipinski definition) is 0. The molecule has 2 aromatic carbocycles. The maximum absolute atomic E-state index is 12.2. The van der Waals surface area contributed by atoms with Crippen molar-refractivity contribution in [2.24, 2.45) is 0 Å². The minimum Gasteiger partial charge on any atom is -0.441 e. The lowest BCUT2D eigenvalue weighted by Gasteiger charge is -2.14. The molecule has 168 valence electrons. The van der Waals surface area contributed by atoms with Crippen molar-refractivity contribution < 1.29 is 9.21 Å². The molecule has 0 aliphatic carbocycles. The first-order valence-corrected chi connectivity index (χ1v) is 12.7. The summed E-state index contributed by atoms with van der Waals surface area (Å²) < 4.78 is 5.93. The van der Waals surface area contributed by atoms with Crippen LogP contribution in [0.4, 0.5) is 0 Å². The maximum atomic E-state index is 12.2. The highest BCUT2D eigenvalue weighted by Crippen LogP contribution is 2.25. The SMILES string of the molecule is Cc1oc(-c2ccc(CN3CCCC3)cc2)nc1CSCC(=O)CCCc1ccccc1. The van der Waals surface area contributed by atoms with Gasteiger partial charge >= 0.3 is 0 Å².